The Morgan fingerprint density at radius 2 is 1.79 bits per heavy atom. The van der Waals surface area contributed by atoms with E-state index in [0.717, 1.165) is 20.9 Å². The lowest BCUT2D eigenvalue weighted by atomic mass is 10.2. The number of benzene rings is 2. The van der Waals surface area contributed by atoms with Gasteiger partial charge in [-0.2, -0.15) is 0 Å². The minimum atomic E-state index is -0.507. The molecule has 0 bridgehead atoms. The molecule has 8 heteroatoms. The van der Waals surface area contributed by atoms with Crippen molar-refractivity contribution in [2.75, 3.05) is 31.3 Å². The second-order valence-electron chi connectivity index (χ2n) is 6.52. The van der Waals surface area contributed by atoms with Gasteiger partial charge in [-0.1, -0.05) is 17.7 Å². The Balaban J connectivity index is 1.72. The molecule has 154 valence electrons. The Morgan fingerprint density at radius 3 is 2.45 bits per heavy atom. The number of ether oxygens (including phenoxy) is 1. The lowest BCUT2D eigenvalue weighted by molar-refractivity contribution is -0.149. The van der Waals surface area contributed by atoms with Gasteiger partial charge < -0.3 is 15.0 Å². The number of likely N-dealkylation sites (N-methyl/N-ethyl adjacent to an activating group) is 1. The molecule has 2 aromatic carbocycles. The van der Waals surface area contributed by atoms with Crippen LogP contribution in [0.3, 0.4) is 0 Å². The SMILES string of the molecule is Cc1ccc(SCC(=O)OCC(=O)N(C)CC(=O)Nc2ccc(F)cc2)c(C)c1. The van der Waals surface area contributed by atoms with Crippen molar-refractivity contribution < 1.29 is 23.5 Å². The van der Waals surface area contributed by atoms with Crippen LogP contribution in [0.15, 0.2) is 47.4 Å². The molecule has 0 atom stereocenters. The highest BCUT2D eigenvalue weighted by atomic mass is 32.2. The maximum absolute atomic E-state index is 12.9. The van der Waals surface area contributed by atoms with Gasteiger partial charge in [0.15, 0.2) is 6.61 Å². The zero-order chi connectivity index (χ0) is 21.4. The van der Waals surface area contributed by atoms with Gasteiger partial charge in [0.25, 0.3) is 5.91 Å². The Hall–Kier alpha value is -2.87. The van der Waals surface area contributed by atoms with E-state index in [1.165, 1.54) is 43.1 Å². The summed E-state index contributed by atoms with van der Waals surface area (Å²) >= 11 is 1.35. The second kappa shape index (κ2) is 10.6. The summed E-state index contributed by atoms with van der Waals surface area (Å²) in [5.41, 5.74) is 2.64. The maximum atomic E-state index is 12.9. The third-order valence-electron chi connectivity index (χ3n) is 3.97. The monoisotopic (exact) mass is 418 g/mol. The zero-order valence-electron chi connectivity index (χ0n) is 16.5. The van der Waals surface area contributed by atoms with Crippen molar-refractivity contribution >= 4 is 35.2 Å². The van der Waals surface area contributed by atoms with Crippen molar-refractivity contribution in [2.45, 2.75) is 18.7 Å². The summed E-state index contributed by atoms with van der Waals surface area (Å²) < 4.78 is 17.9. The van der Waals surface area contributed by atoms with Crippen LogP contribution in [0.5, 0.6) is 0 Å². The molecule has 1 N–H and O–H groups in total. The molecule has 0 aliphatic heterocycles. The normalized spacial score (nSPS) is 10.3. The Bertz CT molecular complexity index is 887. The van der Waals surface area contributed by atoms with Crippen LogP contribution in [0.4, 0.5) is 10.1 Å². The van der Waals surface area contributed by atoms with Crippen LogP contribution in [0.2, 0.25) is 0 Å². The highest BCUT2D eigenvalue weighted by molar-refractivity contribution is 8.00. The minimum absolute atomic E-state index is 0.0892. The fraction of sp³-hybridized carbons (Fsp3) is 0.286. The summed E-state index contributed by atoms with van der Waals surface area (Å²) in [6, 6.07) is 11.2. The molecule has 0 fully saturated rings. The topological polar surface area (TPSA) is 75.7 Å². The maximum Gasteiger partial charge on any atom is 0.316 e. The molecule has 6 nitrogen and oxygen atoms in total. The van der Waals surface area contributed by atoms with Crippen LogP contribution >= 0.6 is 11.8 Å². The molecule has 2 aromatic rings. The molecule has 0 aliphatic rings. The average Bonchev–Trinajstić information content (AvgIpc) is 2.67. The number of nitrogens with one attached hydrogen (secondary N) is 1. The number of esters is 1. The Morgan fingerprint density at radius 1 is 1.10 bits per heavy atom. The van der Waals surface area contributed by atoms with Crippen molar-refractivity contribution in [1.29, 1.82) is 0 Å². The second-order valence-corrected chi connectivity index (χ2v) is 7.54. The number of hydrogen-bond acceptors (Lipinski definition) is 5. The Kier molecular flexibility index (Phi) is 8.21. The summed E-state index contributed by atoms with van der Waals surface area (Å²) in [5.74, 6) is -1.76. The van der Waals surface area contributed by atoms with E-state index < -0.39 is 30.2 Å². The molecule has 2 rings (SSSR count). The molecule has 2 amide bonds. The van der Waals surface area contributed by atoms with Crippen molar-refractivity contribution in [2.24, 2.45) is 0 Å². The molecule has 0 saturated carbocycles. The third kappa shape index (κ3) is 7.57. The highest BCUT2D eigenvalue weighted by Gasteiger charge is 2.15. The van der Waals surface area contributed by atoms with E-state index in [2.05, 4.69) is 5.32 Å². The number of carbonyl (C=O) groups excluding carboxylic acids is 3. The van der Waals surface area contributed by atoms with Crippen LogP contribution < -0.4 is 5.32 Å². The minimum Gasteiger partial charge on any atom is -0.455 e. The van der Waals surface area contributed by atoms with E-state index in [0.29, 0.717) is 5.69 Å². The number of aryl methyl sites for hydroxylation is 2. The number of halogens is 1. The molecular formula is C21H23FN2O4S. The summed E-state index contributed by atoms with van der Waals surface area (Å²) in [7, 11) is 1.44. The number of nitrogens with zero attached hydrogens (tertiary/aromatic N) is 1. The molecule has 0 aliphatic carbocycles. The number of amides is 2. The van der Waals surface area contributed by atoms with Gasteiger partial charge in [-0.15, -0.1) is 11.8 Å². The van der Waals surface area contributed by atoms with Crippen LogP contribution in [-0.4, -0.2) is 48.6 Å². The summed E-state index contributed by atoms with van der Waals surface area (Å²) in [4.78, 5) is 38.0. The van der Waals surface area contributed by atoms with Gasteiger partial charge in [0.1, 0.15) is 5.82 Å². The summed E-state index contributed by atoms with van der Waals surface area (Å²) in [6.45, 7) is 3.31. The number of hydrogen-bond donors (Lipinski definition) is 1. The molecule has 0 unspecified atom stereocenters. The van der Waals surface area contributed by atoms with E-state index in [1.54, 1.807) is 0 Å². The third-order valence-corrected chi connectivity index (χ3v) is 5.12. The van der Waals surface area contributed by atoms with Crippen molar-refractivity contribution in [3.05, 3.63) is 59.4 Å². The predicted molar refractivity (Wildman–Crippen MR) is 110 cm³/mol. The van der Waals surface area contributed by atoms with E-state index in [1.807, 2.05) is 32.0 Å². The number of anilines is 1. The van der Waals surface area contributed by atoms with Gasteiger partial charge in [-0.05, 0) is 49.7 Å². The molecular weight excluding hydrogens is 395 g/mol. The van der Waals surface area contributed by atoms with Gasteiger partial charge >= 0.3 is 5.97 Å². The largest absolute Gasteiger partial charge is 0.455 e. The smallest absolute Gasteiger partial charge is 0.316 e. The highest BCUT2D eigenvalue weighted by Crippen LogP contribution is 2.23. The number of rotatable bonds is 8. The van der Waals surface area contributed by atoms with E-state index in [4.69, 9.17) is 4.74 Å². The van der Waals surface area contributed by atoms with Gasteiger partial charge in [0.2, 0.25) is 5.91 Å². The van der Waals surface area contributed by atoms with Crippen LogP contribution in [0.25, 0.3) is 0 Å². The standard InChI is InChI=1S/C21H23FN2O4S/c1-14-4-9-18(15(2)10-14)29-13-21(27)28-12-20(26)24(3)11-19(25)23-17-7-5-16(22)6-8-17/h4-10H,11-13H2,1-3H3,(H,23,25). The van der Waals surface area contributed by atoms with Gasteiger partial charge in [-0.3, -0.25) is 14.4 Å². The van der Waals surface area contributed by atoms with E-state index >= 15 is 0 Å². The lowest BCUT2D eigenvalue weighted by Crippen LogP contribution is -2.37. The fourth-order valence-electron chi connectivity index (χ4n) is 2.43. The zero-order valence-corrected chi connectivity index (χ0v) is 17.3. The molecule has 0 spiro atoms. The molecule has 0 heterocycles. The fourth-order valence-corrected chi connectivity index (χ4v) is 3.24. The number of carbonyl (C=O) groups is 3. The van der Waals surface area contributed by atoms with Crippen LogP contribution in [0, 0.1) is 19.7 Å². The first-order chi connectivity index (χ1) is 13.7. The lowest BCUT2D eigenvalue weighted by Gasteiger charge is -2.16. The van der Waals surface area contributed by atoms with Gasteiger partial charge in [-0.25, -0.2) is 4.39 Å². The van der Waals surface area contributed by atoms with Gasteiger partial charge in [0.05, 0.1) is 12.3 Å². The van der Waals surface area contributed by atoms with Crippen molar-refractivity contribution in [3.8, 4) is 0 Å². The molecule has 0 radical (unpaired) electrons. The predicted octanol–water partition coefficient (Wildman–Crippen LogP) is 3.17. The van der Waals surface area contributed by atoms with Crippen molar-refractivity contribution in [3.63, 3.8) is 0 Å². The van der Waals surface area contributed by atoms with Crippen LogP contribution in [0.1, 0.15) is 11.1 Å². The molecule has 0 saturated heterocycles. The van der Waals surface area contributed by atoms with Gasteiger partial charge in [0, 0.05) is 17.6 Å². The summed E-state index contributed by atoms with van der Waals surface area (Å²) in [5, 5.41) is 2.56. The average molecular weight is 418 g/mol. The first-order valence-corrected chi connectivity index (χ1v) is 9.88. The first-order valence-electron chi connectivity index (χ1n) is 8.89. The molecule has 29 heavy (non-hydrogen) atoms. The van der Waals surface area contributed by atoms with E-state index in [-0.39, 0.29) is 12.3 Å². The van der Waals surface area contributed by atoms with E-state index in [9.17, 15) is 18.8 Å². The first kappa shape index (κ1) is 22.4. The van der Waals surface area contributed by atoms with Crippen molar-refractivity contribution in [1.82, 2.24) is 4.90 Å². The number of thioether (sulfide) groups is 1. The quantitative estimate of drug-likeness (QED) is 0.526. The van der Waals surface area contributed by atoms with Crippen LogP contribution in [-0.2, 0) is 19.1 Å². The molecule has 0 aromatic heterocycles. The summed E-state index contributed by atoms with van der Waals surface area (Å²) in [6.07, 6.45) is 0. The Labute approximate surface area is 173 Å².